The number of aryl methyl sites for hydroxylation is 1. The first kappa shape index (κ1) is 22.5. The highest BCUT2D eigenvalue weighted by Gasteiger charge is 2.24. The van der Waals surface area contributed by atoms with Crippen LogP contribution in [0.25, 0.3) is 16.7 Å². The first-order valence-corrected chi connectivity index (χ1v) is 9.95. The molecule has 2 aromatic heterocycles. The summed E-state index contributed by atoms with van der Waals surface area (Å²) in [6.07, 6.45) is -2.85. The van der Waals surface area contributed by atoms with Crippen molar-refractivity contribution in [1.82, 2.24) is 19.6 Å². The summed E-state index contributed by atoms with van der Waals surface area (Å²) in [5.74, 6) is 4.12. The smallest absolute Gasteiger partial charge is 0.257 e. The van der Waals surface area contributed by atoms with Crippen LogP contribution in [0.4, 0.5) is 29.1 Å². The molecule has 0 unspecified atom stereocenters. The van der Waals surface area contributed by atoms with Gasteiger partial charge in [-0.15, -0.1) is 10.2 Å². The van der Waals surface area contributed by atoms with Gasteiger partial charge in [-0.2, -0.15) is 4.98 Å². The fraction of sp³-hybridized carbons (Fsp3) is 0.261. The Labute approximate surface area is 186 Å². The molecule has 1 N–H and O–H groups in total. The Morgan fingerprint density at radius 3 is 2.61 bits per heavy atom. The molecule has 6 nitrogen and oxygen atoms in total. The minimum absolute atomic E-state index is 0.00649. The molecule has 0 amide bonds. The Morgan fingerprint density at radius 2 is 1.91 bits per heavy atom. The van der Waals surface area contributed by atoms with Crippen LogP contribution < -0.4 is 4.90 Å². The normalized spacial score (nSPS) is 11.8. The molecule has 0 atom stereocenters. The molecular formula is C23H19F4N5O. The Balaban J connectivity index is 1.99. The third kappa shape index (κ3) is 4.59. The quantitative estimate of drug-likeness (QED) is 0.364. The molecule has 2 heterocycles. The number of halogens is 4. The SMILES string of the molecule is Cc1nnc2nc(N(CC(F)F)c3cc(F)cc(C#CC(C)(C)O)c3)c3c(F)cccc3n12. The van der Waals surface area contributed by atoms with Crippen LogP contribution in [0.2, 0.25) is 0 Å². The van der Waals surface area contributed by atoms with Crippen LogP contribution in [-0.4, -0.2) is 43.3 Å². The van der Waals surface area contributed by atoms with Crippen molar-refractivity contribution in [1.29, 1.82) is 0 Å². The zero-order valence-corrected chi connectivity index (χ0v) is 17.9. The standard InChI is InChI=1S/C23H19F4N5O/c1-13-29-30-22-28-21(20-17(25)5-4-6-18(20)32(13)22)31(12-19(26)27)16-10-14(9-15(24)11-16)7-8-23(2,3)33/h4-6,9-11,19,33H,12H2,1-3H3. The maximum Gasteiger partial charge on any atom is 0.257 e. The van der Waals surface area contributed by atoms with Crippen molar-refractivity contribution in [3.63, 3.8) is 0 Å². The summed E-state index contributed by atoms with van der Waals surface area (Å²) in [4.78, 5) is 5.33. The molecule has 0 fully saturated rings. The number of alkyl halides is 2. The van der Waals surface area contributed by atoms with Crippen molar-refractivity contribution in [2.24, 2.45) is 0 Å². The summed E-state index contributed by atoms with van der Waals surface area (Å²) in [6, 6.07) is 7.78. The van der Waals surface area contributed by atoms with E-state index < -0.39 is 30.2 Å². The highest BCUT2D eigenvalue weighted by Crippen LogP contribution is 2.34. The van der Waals surface area contributed by atoms with Gasteiger partial charge in [0.15, 0.2) is 0 Å². The van der Waals surface area contributed by atoms with Gasteiger partial charge >= 0.3 is 0 Å². The van der Waals surface area contributed by atoms with E-state index in [9.17, 15) is 18.3 Å². The van der Waals surface area contributed by atoms with E-state index >= 15 is 4.39 Å². The van der Waals surface area contributed by atoms with E-state index in [1.807, 2.05) is 0 Å². The molecular weight excluding hydrogens is 438 g/mol. The van der Waals surface area contributed by atoms with E-state index in [4.69, 9.17) is 0 Å². The monoisotopic (exact) mass is 457 g/mol. The largest absolute Gasteiger partial charge is 0.378 e. The molecule has 0 spiro atoms. The summed E-state index contributed by atoms with van der Waals surface area (Å²) < 4.78 is 58.2. The number of anilines is 2. The van der Waals surface area contributed by atoms with Crippen molar-refractivity contribution in [3.05, 3.63) is 59.4 Å². The van der Waals surface area contributed by atoms with E-state index in [-0.39, 0.29) is 28.2 Å². The number of benzene rings is 2. The van der Waals surface area contributed by atoms with Gasteiger partial charge in [0, 0.05) is 11.3 Å². The highest BCUT2D eigenvalue weighted by molar-refractivity contribution is 5.94. The molecule has 0 saturated carbocycles. The third-order valence-electron chi connectivity index (χ3n) is 4.75. The summed E-state index contributed by atoms with van der Waals surface area (Å²) in [7, 11) is 0. The first-order valence-electron chi connectivity index (χ1n) is 9.95. The number of aliphatic hydroxyl groups is 1. The molecule has 0 saturated heterocycles. The molecule has 2 aromatic carbocycles. The van der Waals surface area contributed by atoms with E-state index in [1.165, 1.54) is 36.4 Å². The maximum absolute atomic E-state index is 15.0. The average molecular weight is 457 g/mol. The van der Waals surface area contributed by atoms with Crippen LogP contribution in [0, 0.1) is 30.4 Å². The molecule has 0 bridgehead atoms. The molecule has 10 heteroatoms. The van der Waals surface area contributed by atoms with E-state index in [0.29, 0.717) is 11.3 Å². The van der Waals surface area contributed by atoms with E-state index in [2.05, 4.69) is 27.0 Å². The second-order valence-corrected chi connectivity index (χ2v) is 7.96. The lowest BCUT2D eigenvalue weighted by Crippen LogP contribution is -2.26. The molecule has 4 aromatic rings. The van der Waals surface area contributed by atoms with Gasteiger partial charge in [0.2, 0.25) is 0 Å². The Kier molecular flexibility index (Phi) is 5.68. The molecule has 4 rings (SSSR count). The number of aromatic nitrogens is 4. The Hall–Kier alpha value is -3.71. The van der Waals surface area contributed by atoms with Crippen LogP contribution in [0.15, 0.2) is 36.4 Å². The van der Waals surface area contributed by atoms with Crippen LogP contribution in [0.3, 0.4) is 0 Å². The molecule has 170 valence electrons. The van der Waals surface area contributed by atoms with Gasteiger partial charge in [0.05, 0.1) is 17.4 Å². The van der Waals surface area contributed by atoms with Crippen molar-refractivity contribution in [2.45, 2.75) is 32.8 Å². The van der Waals surface area contributed by atoms with Gasteiger partial charge in [0.25, 0.3) is 12.2 Å². The van der Waals surface area contributed by atoms with Gasteiger partial charge < -0.3 is 10.0 Å². The lowest BCUT2D eigenvalue weighted by atomic mass is 10.1. The van der Waals surface area contributed by atoms with Gasteiger partial charge in [-0.05, 0) is 51.1 Å². The number of hydrogen-bond acceptors (Lipinski definition) is 5. The predicted octanol–water partition coefficient (Wildman–Crippen LogP) is 4.39. The maximum atomic E-state index is 15.0. The third-order valence-corrected chi connectivity index (χ3v) is 4.75. The van der Waals surface area contributed by atoms with Gasteiger partial charge in [0.1, 0.15) is 28.9 Å². The zero-order valence-electron chi connectivity index (χ0n) is 17.9. The second kappa shape index (κ2) is 8.33. The first-order chi connectivity index (χ1) is 15.5. The number of rotatable bonds is 4. The summed E-state index contributed by atoms with van der Waals surface area (Å²) >= 11 is 0. The van der Waals surface area contributed by atoms with E-state index in [0.717, 1.165) is 17.0 Å². The molecule has 0 aliphatic heterocycles. The Bertz CT molecular complexity index is 1420. The Morgan fingerprint density at radius 1 is 1.15 bits per heavy atom. The van der Waals surface area contributed by atoms with Crippen LogP contribution in [0.1, 0.15) is 25.2 Å². The lowest BCUT2D eigenvalue weighted by molar-refractivity contribution is 0.143. The van der Waals surface area contributed by atoms with Crippen molar-refractivity contribution in [3.8, 4) is 11.8 Å². The number of hydrogen-bond donors (Lipinski definition) is 1. The minimum Gasteiger partial charge on any atom is -0.378 e. The minimum atomic E-state index is -2.85. The van der Waals surface area contributed by atoms with Crippen molar-refractivity contribution >= 4 is 28.2 Å². The molecule has 0 radical (unpaired) electrons. The number of fused-ring (bicyclic) bond motifs is 3. The van der Waals surface area contributed by atoms with Crippen LogP contribution in [-0.2, 0) is 0 Å². The fourth-order valence-corrected chi connectivity index (χ4v) is 3.45. The van der Waals surface area contributed by atoms with Crippen LogP contribution in [0.5, 0.6) is 0 Å². The van der Waals surface area contributed by atoms with Gasteiger partial charge in [-0.1, -0.05) is 17.9 Å². The fourth-order valence-electron chi connectivity index (χ4n) is 3.45. The zero-order chi connectivity index (χ0) is 23.9. The second-order valence-electron chi connectivity index (χ2n) is 7.96. The van der Waals surface area contributed by atoms with E-state index in [1.54, 1.807) is 13.0 Å². The van der Waals surface area contributed by atoms with Crippen LogP contribution >= 0.6 is 0 Å². The highest BCUT2D eigenvalue weighted by atomic mass is 19.3. The van der Waals surface area contributed by atoms with Crippen molar-refractivity contribution < 1.29 is 22.7 Å². The van der Waals surface area contributed by atoms with Gasteiger partial charge in [-0.3, -0.25) is 4.40 Å². The van der Waals surface area contributed by atoms with Crippen molar-refractivity contribution in [2.75, 3.05) is 11.4 Å². The molecule has 33 heavy (non-hydrogen) atoms. The lowest BCUT2D eigenvalue weighted by Gasteiger charge is -2.25. The predicted molar refractivity (Wildman–Crippen MR) is 116 cm³/mol. The summed E-state index contributed by atoms with van der Waals surface area (Å²) in [5, 5.41) is 17.7. The van der Waals surface area contributed by atoms with Gasteiger partial charge in [-0.25, -0.2) is 17.6 Å². The molecule has 0 aliphatic rings. The molecule has 0 aliphatic carbocycles. The average Bonchev–Trinajstić information content (AvgIpc) is 3.10. The summed E-state index contributed by atoms with van der Waals surface area (Å²) in [5.41, 5.74) is -0.870. The topological polar surface area (TPSA) is 66.5 Å². The number of nitrogens with zero attached hydrogens (tertiary/aromatic N) is 5. The summed E-state index contributed by atoms with van der Waals surface area (Å²) in [6.45, 7) is 3.68.